The predicted molar refractivity (Wildman–Crippen MR) is 63.0 cm³/mol. The van der Waals surface area contributed by atoms with Gasteiger partial charge in [0, 0.05) is 13.2 Å². The number of hydrogen-bond donors (Lipinski definition) is 1. The van der Waals surface area contributed by atoms with Gasteiger partial charge in [-0.2, -0.15) is 5.26 Å². The van der Waals surface area contributed by atoms with Crippen LogP contribution in [0.1, 0.15) is 45.4 Å². The van der Waals surface area contributed by atoms with Gasteiger partial charge in [0.25, 0.3) is 0 Å². The molecule has 3 unspecified atom stereocenters. The SMILES string of the molecule is CCC1CCCC1(C#N)NCC1CCCO1. The van der Waals surface area contributed by atoms with E-state index in [0.29, 0.717) is 12.0 Å². The maximum Gasteiger partial charge on any atom is 0.109 e. The van der Waals surface area contributed by atoms with E-state index in [1.165, 1.54) is 19.3 Å². The molecule has 1 N–H and O–H groups in total. The first kappa shape index (κ1) is 11.9. The number of nitrogens with one attached hydrogen (secondary N) is 1. The molecule has 0 radical (unpaired) electrons. The summed E-state index contributed by atoms with van der Waals surface area (Å²) in [6.45, 7) is 3.93. The zero-order valence-corrected chi connectivity index (χ0v) is 10.2. The van der Waals surface area contributed by atoms with Gasteiger partial charge in [-0.05, 0) is 31.6 Å². The van der Waals surface area contributed by atoms with Crippen LogP contribution in [0, 0.1) is 17.2 Å². The smallest absolute Gasteiger partial charge is 0.109 e. The fourth-order valence-corrected chi connectivity index (χ4v) is 3.15. The van der Waals surface area contributed by atoms with Gasteiger partial charge in [0.05, 0.1) is 12.2 Å². The minimum atomic E-state index is -0.263. The normalized spacial score (nSPS) is 38.8. The van der Waals surface area contributed by atoms with Crippen molar-refractivity contribution in [1.82, 2.24) is 5.32 Å². The summed E-state index contributed by atoms with van der Waals surface area (Å²) in [5.41, 5.74) is -0.263. The van der Waals surface area contributed by atoms with Crippen molar-refractivity contribution < 1.29 is 4.74 Å². The molecule has 90 valence electrons. The zero-order chi connectivity index (χ0) is 11.4. The lowest BCUT2D eigenvalue weighted by Crippen LogP contribution is -2.49. The summed E-state index contributed by atoms with van der Waals surface area (Å²) >= 11 is 0. The molecular weight excluding hydrogens is 200 g/mol. The Balaban J connectivity index is 1.91. The third kappa shape index (κ3) is 2.23. The molecule has 1 aliphatic heterocycles. The second-order valence-electron chi connectivity index (χ2n) is 5.10. The lowest BCUT2D eigenvalue weighted by Gasteiger charge is -2.30. The van der Waals surface area contributed by atoms with Crippen molar-refractivity contribution >= 4 is 0 Å². The molecule has 3 nitrogen and oxygen atoms in total. The van der Waals surface area contributed by atoms with Crippen molar-refractivity contribution in [2.75, 3.05) is 13.2 Å². The molecule has 0 aromatic carbocycles. The Hall–Kier alpha value is -0.590. The molecule has 2 aliphatic rings. The highest BCUT2D eigenvalue weighted by Crippen LogP contribution is 2.37. The molecule has 0 bridgehead atoms. The van der Waals surface area contributed by atoms with Crippen LogP contribution in [-0.2, 0) is 4.74 Å². The van der Waals surface area contributed by atoms with Gasteiger partial charge in [0.15, 0.2) is 0 Å². The maximum absolute atomic E-state index is 9.44. The molecule has 1 aliphatic carbocycles. The third-order valence-electron chi connectivity index (χ3n) is 4.18. The minimum Gasteiger partial charge on any atom is -0.377 e. The van der Waals surface area contributed by atoms with Crippen molar-refractivity contribution in [3.05, 3.63) is 0 Å². The van der Waals surface area contributed by atoms with Gasteiger partial charge >= 0.3 is 0 Å². The molecule has 1 heterocycles. The molecule has 2 fully saturated rings. The van der Waals surface area contributed by atoms with Gasteiger partial charge in [-0.15, -0.1) is 0 Å². The average molecular weight is 222 g/mol. The Labute approximate surface area is 98.2 Å². The number of ether oxygens (including phenoxy) is 1. The Bertz CT molecular complexity index is 268. The Kier molecular flexibility index (Phi) is 3.83. The summed E-state index contributed by atoms with van der Waals surface area (Å²) in [7, 11) is 0. The lowest BCUT2D eigenvalue weighted by atomic mass is 9.86. The van der Waals surface area contributed by atoms with Crippen LogP contribution in [0.15, 0.2) is 0 Å². The lowest BCUT2D eigenvalue weighted by molar-refractivity contribution is 0.101. The predicted octanol–water partition coefficient (Wildman–Crippen LogP) is 2.23. The summed E-state index contributed by atoms with van der Waals surface area (Å²) in [4.78, 5) is 0. The van der Waals surface area contributed by atoms with Gasteiger partial charge in [-0.25, -0.2) is 0 Å². The van der Waals surface area contributed by atoms with Crippen molar-refractivity contribution in [3.8, 4) is 6.07 Å². The number of nitriles is 1. The summed E-state index contributed by atoms with van der Waals surface area (Å²) < 4.78 is 5.60. The fourth-order valence-electron chi connectivity index (χ4n) is 3.15. The molecule has 16 heavy (non-hydrogen) atoms. The van der Waals surface area contributed by atoms with E-state index in [0.717, 1.165) is 32.4 Å². The highest BCUT2D eigenvalue weighted by molar-refractivity contribution is 5.14. The second-order valence-corrected chi connectivity index (χ2v) is 5.10. The standard InChI is InChI=1S/C13H22N2O/c1-2-11-5-3-7-13(11,10-14)15-9-12-6-4-8-16-12/h11-12,15H,2-9H2,1H3. The first-order valence-corrected chi connectivity index (χ1v) is 6.58. The largest absolute Gasteiger partial charge is 0.377 e. The summed E-state index contributed by atoms with van der Waals surface area (Å²) in [6, 6.07) is 2.54. The summed E-state index contributed by atoms with van der Waals surface area (Å²) in [5, 5.41) is 12.9. The molecule has 2 rings (SSSR count). The molecule has 0 aromatic heterocycles. The van der Waals surface area contributed by atoms with Crippen LogP contribution in [0.4, 0.5) is 0 Å². The van der Waals surface area contributed by atoms with Gasteiger partial charge in [-0.3, -0.25) is 5.32 Å². The Morgan fingerprint density at radius 1 is 1.44 bits per heavy atom. The fraction of sp³-hybridized carbons (Fsp3) is 0.923. The molecule has 0 amide bonds. The van der Waals surface area contributed by atoms with Crippen molar-refractivity contribution in [2.24, 2.45) is 5.92 Å². The Morgan fingerprint density at radius 3 is 2.94 bits per heavy atom. The van der Waals surface area contributed by atoms with Gasteiger partial charge in [-0.1, -0.05) is 19.8 Å². The highest BCUT2D eigenvalue weighted by Gasteiger charge is 2.42. The zero-order valence-electron chi connectivity index (χ0n) is 10.2. The molecule has 1 saturated carbocycles. The highest BCUT2D eigenvalue weighted by atomic mass is 16.5. The quantitative estimate of drug-likeness (QED) is 0.793. The van der Waals surface area contributed by atoms with Crippen LogP contribution >= 0.6 is 0 Å². The first-order chi connectivity index (χ1) is 7.80. The van der Waals surface area contributed by atoms with E-state index in [1.54, 1.807) is 0 Å². The molecule has 3 heteroatoms. The van der Waals surface area contributed by atoms with E-state index in [4.69, 9.17) is 4.74 Å². The molecule has 0 spiro atoms. The van der Waals surface area contributed by atoms with E-state index >= 15 is 0 Å². The maximum atomic E-state index is 9.44. The van der Waals surface area contributed by atoms with Crippen molar-refractivity contribution in [1.29, 1.82) is 5.26 Å². The number of hydrogen-bond acceptors (Lipinski definition) is 3. The molecule has 1 saturated heterocycles. The monoisotopic (exact) mass is 222 g/mol. The summed E-state index contributed by atoms with van der Waals surface area (Å²) in [6.07, 6.45) is 7.14. The van der Waals surface area contributed by atoms with Crippen molar-refractivity contribution in [3.63, 3.8) is 0 Å². The van der Waals surface area contributed by atoms with E-state index in [-0.39, 0.29) is 5.54 Å². The third-order valence-corrected chi connectivity index (χ3v) is 4.18. The van der Waals surface area contributed by atoms with Crippen LogP contribution < -0.4 is 5.32 Å². The molecule has 3 atom stereocenters. The topological polar surface area (TPSA) is 45.0 Å². The molecule has 0 aromatic rings. The van der Waals surface area contributed by atoms with E-state index in [2.05, 4.69) is 18.3 Å². The first-order valence-electron chi connectivity index (χ1n) is 6.58. The molecular formula is C13H22N2O. The van der Waals surface area contributed by atoms with Crippen molar-refractivity contribution in [2.45, 2.75) is 57.1 Å². The van der Waals surface area contributed by atoms with Crippen LogP contribution in [-0.4, -0.2) is 24.8 Å². The second kappa shape index (κ2) is 5.16. The van der Waals surface area contributed by atoms with Crippen LogP contribution in [0.5, 0.6) is 0 Å². The number of nitrogens with zero attached hydrogens (tertiary/aromatic N) is 1. The van der Waals surface area contributed by atoms with Crippen LogP contribution in [0.2, 0.25) is 0 Å². The summed E-state index contributed by atoms with van der Waals surface area (Å²) in [5.74, 6) is 0.527. The van der Waals surface area contributed by atoms with Gasteiger partial charge in [0.1, 0.15) is 5.54 Å². The average Bonchev–Trinajstić information content (AvgIpc) is 2.96. The van der Waals surface area contributed by atoms with Gasteiger partial charge < -0.3 is 4.74 Å². The van der Waals surface area contributed by atoms with E-state index in [1.807, 2.05) is 0 Å². The van der Waals surface area contributed by atoms with Crippen LogP contribution in [0.25, 0.3) is 0 Å². The van der Waals surface area contributed by atoms with E-state index < -0.39 is 0 Å². The Morgan fingerprint density at radius 2 is 2.31 bits per heavy atom. The minimum absolute atomic E-state index is 0.263. The van der Waals surface area contributed by atoms with Crippen LogP contribution in [0.3, 0.4) is 0 Å². The van der Waals surface area contributed by atoms with Gasteiger partial charge in [0.2, 0.25) is 0 Å². The number of rotatable bonds is 4. The van der Waals surface area contributed by atoms with E-state index in [9.17, 15) is 5.26 Å².